The van der Waals surface area contributed by atoms with Crippen LogP contribution < -0.4 is 20.1 Å². The standard InChI is InChI=1S/C36H56N2O4/c1-5-7-9-11-13-17-33(29-21-25-31(41-3)26-22-29)37-35(39)19-15-16-20-36(40)38-34(18-14-12-10-8-6-2)30-23-27-32(42-4)28-24-30/h21-28,33-34H,5-20H2,1-4H3,(H,37,39)(H,38,40). The largest absolute Gasteiger partial charge is 0.497 e. The lowest BCUT2D eigenvalue weighted by molar-refractivity contribution is -0.123. The number of ether oxygens (including phenoxy) is 2. The van der Waals surface area contributed by atoms with Crippen LogP contribution in [-0.4, -0.2) is 26.0 Å². The third kappa shape index (κ3) is 14.2. The summed E-state index contributed by atoms with van der Waals surface area (Å²) in [5.41, 5.74) is 2.22. The summed E-state index contributed by atoms with van der Waals surface area (Å²) in [5, 5.41) is 6.52. The Kier molecular flexibility index (Phi) is 18.1. The number of benzene rings is 2. The molecule has 0 saturated heterocycles. The number of unbranched alkanes of at least 4 members (excludes halogenated alkanes) is 9. The molecule has 2 rings (SSSR count). The highest BCUT2D eigenvalue weighted by atomic mass is 16.5. The Labute approximate surface area is 255 Å². The maximum Gasteiger partial charge on any atom is 0.220 e. The minimum atomic E-state index is -0.00378. The van der Waals surface area contributed by atoms with Crippen molar-refractivity contribution < 1.29 is 19.1 Å². The predicted molar refractivity (Wildman–Crippen MR) is 173 cm³/mol. The van der Waals surface area contributed by atoms with Crippen LogP contribution in [0.1, 0.15) is 140 Å². The van der Waals surface area contributed by atoms with E-state index in [1.54, 1.807) is 14.2 Å². The fourth-order valence-corrected chi connectivity index (χ4v) is 5.32. The van der Waals surface area contributed by atoms with Crippen molar-refractivity contribution in [2.75, 3.05) is 14.2 Å². The van der Waals surface area contributed by atoms with Gasteiger partial charge < -0.3 is 20.1 Å². The second-order valence-electron chi connectivity index (χ2n) is 11.4. The minimum absolute atomic E-state index is 0.00378. The van der Waals surface area contributed by atoms with Gasteiger partial charge in [-0.2, -0.15) is 0 Å². The van der Waals surface area contributed by atoms with Crippen molar-refractivity contribution >= 4 is 11.8 Å². The summed E-state index contributed by atoms with van der Waals surface area (Å²) < 4.78 is 10.6. The molecule has 6 nitrogen and oxygen atoms in total. The summed E-state index contributed by atoms with van der Waals surface area (Å²) in [5.74, 6) is 1.73. The van der Waals surface area contributed by atoms with Gasteiger partial charge in [0.2, 0.25) is 11.8 Å². The van der Waals surface area contributed by atoms with Crippen molar-refractivity contribution in [2.24, 2.45) is 0 Å². The van der Waals surface area contributed by atoms with E-state index in [2.05, 4.69) is 24.5 Å². The van der Waals surface area contributed by atoms with Crippen molar-refractivity contribution in [3.63, 3.8) is 0 Å². The van der Waals surface area contributed by atoms with Crippen LogP contribution in [0.25, 0.3) is 0 Å². The number of carbonyl (C=O) groups is 2. The summed E-state index contributed by atoms with van der Waals surface area (Å²) in [6, 6.07) is 16.0. The van der Waals surface area contributed by atoms with E-state index in [1.165, 1.54) is 51.4 Å². The number of hydrogen-bond donors (Lipinski definition) is 2. The molecule has 0 fully saturated rings. The molecular formula is C36H56N2O4. The lowest BCUT2D eigenvalue weighted by Crippen LogP contribution is -2.29. The second-order valence-corrected chi connectivity index (χ2v) is 11.4. The van der Waals surface area contributed by atoms with Gasteiger partial charge in [-0.25, -0.2) is 0 Å². The summed E-state index contributed by atoms with van der Waals surface area (Å²) in [4.78, 5) is 25.8. The number of methoxy groups -OCH3 is 2. The number of hydrogen-bond acceptors (Lipinski definition) is 4. The summed E-state index contributed by atoms with van der Waals surface area (Å²) in [6.45, 7) is 4.44. The van der Waals surface area contributed by atoms with Gasteiger partial charge >= 0.3 is 0 Å². The van der Waals surface area contributed by atoms with Crippen LogP contribution in [-0.2, 0) is 9.59 Å². The Hall–Kier alpha value is -3.02. The number of rotatable bonds is 23. The van der Waals surface area contributed by atoms with Crippen LogP contribution in [0, 0.1) is 0 Å². The molecule has 2 amide bonds. The SMILES string of the molecule is CCCCCCCC(NC(=O)CCCCC(=O)NC(CCCCCCC)c1ccc(OC)cc1)c1ccc(OC)cc1. The Morgan fingerprint density at radius 3 is 1.24 bits per heavy atom. The van der Waals surface area contributed by atoms with Crippen LogP contribution in [0.15, 0.2) is 48.5 Å². The average Bonchev–Trinajstić information content (AvgIpc) is 3.02. The lowest BCUT2D eigenvalue weighted by Gasteiger charge is -2.20. The predicted octanol–water partition coefficient (Wildman–Crippen LogP) is 9.00. The Bertz CT molecular complexity index is 909. The molecule has 2 aromatic rings. The maximum absolute atomic E-state index is 12.9. The van der Waals surface area contributed by atoms with Crippen molar-refractivity contribution in [2.45, 2.75) is 129 Å². The zero-order chi connectivity index (χ0) is 30.4. The van der Waals surface area contributed by atoms with E-state index in [1.807, 2.05) is 48.5 Å². The van der Waals surface area contributed by atoms with Crippen LogP contribution in [0.4, 0.5) is 0 Å². The molecule has 0 saturated carbocycles. The molecule has 2 unspecified atom stereocenters. The smallest absolute Gasteiger partial charge is 0.220 e. The van der Waals surface area contributed by atoms with Gasteiger partial charge in [-0.3, -0.25) is 9.59 Å². The normalized spacial score (nSPS) is 12.4. The molecule has 0 heterocycles. The molecule has 0 spiro atoms. The number of carbonyl (C=O) groups excluding carboxylic acids is 2. The Morgan fingerprint density at radius 2 is 0.905 bits per heavy atom. The van der Waals surface area contributed by atoms with Crippen LogP contribution in [0.2, 0.25) is 0 Å². The minimum Gasteiger partial charge on any atom is -0.497 e. The van der Waals surface area contributed by atoms with Gasteiger partial charge in [0.05, 0.1) is 26.3 Å². The van der Waals surface area contributed by atoms with E-state index in [0.29, 0.717) is 25.7 Å². The molecule has 0 aliphatic heterocycles. The van der Waals surface area contributed by atoms with E-state index in [9.17, 15) is 9.59 Å². The zero-order valence-corrected chi connectivity index (χ0v) is 26.7. The molecule has 42 heavy (non-hydrogen) atoms. The van der Waals surface area contributed by atoms with E-state index >= 15 is 0 Å². The highest BCUT2D eigenvalue weighted by molar-refractivity contribution is 5.77. The van der Waals surface area contributed by atoms with Crippen molar-refractivity contribution in [1.82, 2.24) is 10.6 Å². The fourth-order valence-electron chi connectivity index (χ4n) is 5.32. The van der Waals surface area contributed by atoms with Crippen LogP contribution in [0.3, 0.4) is 0 Å². The van der Waals surface area contributed by atoms with Gasteiger partial charge in [0.25, 0.3) is 0 Å². The molecular weight excluding hydrogens is 524 g/mol. The highest BCUT2D eigenvalue weighted by Crippen LogP contribution is 2.25. The molecule has 0 aliphatic rings. The van der Waals surface area contributed by atoms with Gasteiger partial charge in [-0.15, -0.1) is 0 Å². The van der Waals surface area contributed by atoms with Crippen molar-refractivity contribution in [3.8, 4) is 11.5 Å². The van der Waals surface area contributed by atoms with E-state index < -0.39 is 0 Å². The van der Waals surface area contributed by atoms with Gasteiger partial charge in [-0.1, -0.05) is 102 Å². The van der Waals surface area contributed by atoms with Gasteiger partial charge in [-0.05, 0) is 61.1 Å². The molecule has 0 bridgehead atoms. The summed E-state index contributed by atoms with van der Waals surface area (Å²) >= 11 is 0. The number of amides is 2. The molecule has 6 heteroatoms. The quantitative estimate of drug-likeness (QED) is 0.129. The van der Waals surface area contributed by atoms with E-state index in [-0.39, 0.29) is 23.9 Å². The first-order valence-corrected chi connectivity index (χ1v) is 16.4. The first kappa shape index (κ1) is 35.2. The van der Waals surface area contributed by atoms with Crippen molar-refractivity contribution in [1.29, 1.82) is 0 Å². The summed E-state index contributed by atoms with van der Waals surface area (Å²) in [6.07, 6.45) is 16.1. The van der Waals surface area contributed by atoms with Gasteiger partial charge in [0, 0.05) is 12.8 Å². The average molecular weight is 581 g/mol. The third-order valence-corrected chi connectivity index (χ3v) is 7.96. The molecule has 2 N–H and O–H groups in total. The zero-order valence-electron chi connectivity index (χ0n) is 26.7. The first-order valence-electron chi connectivity index (χ1n) is 16.4. The molecule has 0 aliphatic carbocycles. The van der Waals surface area contributed by atoms with E-state index in [0.717, 1.165) is 48.3 Å². The summed E-state index contributed by atoms with van der Waals surface area (Å²) in [7, 11) is 3.33. The van der Waals surface area contributed by atoms with Gasteiger partial charge in [0.15, 0.2) is 0 Å². The molecule has 2 atom stereocenters. The second kappa shape index (κ2) is 21.6. The third-order valence-electron chi connectivity index (χ3n) is 7.96. The Balaban J connectivity index is 1.83. The molecule has 0 aromatic heterocycles. The highest BCUT2D eigenvalue weighted by Gasteiger charge is 2.17. The molecule has 0 radical (unpaired) electrons. The van der Waals surface area contributed by atoms with Crippen LogP contribution in [0.5, 0.6) is 11.5 Å². The fraction of sp³-hybridized carbons (Fsp3) is 0.611. The van der Waals surface area contributed by atoms with E-state index in [4.69, 9.17) is 9.47 Å². The van der Waals surface area contributed by atoms with Gasteiger partial charge in [0.1, 0.15) is 11.5 Å². The monoisotopic (exact) mass is 580 g/mol. The number of nitrogens with one attached hydrogen (secondary N) is 2. The topological polar surface area (TPSA) is 76.7 Å². The molecule has 234 valence electrons. The Morgan fingerprint density at radius 1 is 0.548 bits per heavy atom. The first-order chi connectivity index (χ1) is 20.5. The van der Waals surface area contributed by atoms with Crippen molar-refractivity contribution in [3.05, 3.63) is 59.7 Å². The molecule has 2 aromatic carbocycles. The lowest BCUT2D eigenvalue weighted by atomic mass is 9.99. The maximum atomic E-state index is 12.9. The van der Waals surface area contributed by atoms with Crippen LogP contribution >= 0.6 is 0 Å².